The molecule has 0 fully saturated rings. The maximum Gasteiger partial charge on any atom is 0.317 e. The summed E-state index contributed by atoms with van der Waals surface area (Å²) in [6, 6.07) is 23.2. The fourth-order valence-electron chi connectivity index (χ4n) is 3.41. The van der Waals surface area contributed by atoms with Crippen LogP contribution in [0.2, 0.25) is 0 Å². The van der Waals surface area contributed by atoms with Gasteiger partial charge in [-0.1, -0.05) is 59.7 Å². The number of nitrogens with zero attached hydrogens (tertiary/aromatic N) is 4. The zero-order valence-electron chi connectivity index (χ0n) is 16.1. The number of rotatable bonds is 4. The molecule has 0 saturated carbocycles. The second-order valence-electron chi connectivity index (χ2n) is 6.88. The molecular weight excluding hydrogens is 410 g/mol. The van der Waals surface area contributed by atoms with E-state index in [0.29, 0.717) is 9.75 Å². The number of nitrogens with one attached hydrogen (secondary N) is 1. The van der Waals surface area contributed by atoms with Crippen LogP contribution in [0.3, 0.4) is 0 Å². The summed E-state index contributed by atoms with van der Waals surface area (Å²) >= 11 is 1.26. The van der Waals surface area contributed by atoms with Crippen LogP contribution >= 0.6 is 11.3 Å². The van der Waals surface area contributed by atoms with E-state index in [2.05, 4.69) is 21.6 Å². The Kier molecular flexibility index (Phi) is 4.86. The lowest BCUT2D eigenvalue weighted by atomic mass is 9.96. The number of ketones is 1. The highest BCUT2D eigenvalue weighted by molar-refractivity contribution is 7.15. The number of fused-ring (bicyclic) bond motifs is 1. The van der Waals surface area contributed by atoms with Gasteiger partial charge >= 0.3 is 6.01 Å². The van der Waals surface area contributed by atoms with Gasteiger partial charge in [0, 0.05) is 17.5 Å². The van der Waals surface area contributed by atoms with Gasteiger partial charge in [0.05, 0.1) is 10.6 Å². The van der Waals surface area contributed by atoms with Crippen molar-refractivity contribution in [3.63, 3.8) is 0 Å². The van der Waals surface area contributed by atoms with Crippen LogP contribution in [0.25, 0.3) is 10.8 Å². The van der Waals surface area contributed by atoms with Crippen LogP contribution < -0.4 is 5.32 Å². The zero-order chi connectivity index (χ0) is 21.2. The molecule has 4 aromatic rings. The molecule has 0 spiro atoms. The number of hydrogen-bond acceptors (Lipinski definition) is 8. The van der Waals surface area contributed by atoms with Crippen LogP contribution in [0.4, 0.5) is 6.01 Å². The summed E-state index contributed by atoms with van der Waals surface area (Å²) < 4.78 is 5.68. The largest absolute Gasteiger partial charge is 0.402 e. The van der Waals surface area contributed by atoms with E-state index in [1.54, 1.807) is 12.1 Å². The maximum absolute atomic E-state index is 13.0. The fourth-order valence-corrected chi connectivity index (χ4v) is 4.13. The second-order valence-corrected chi connectivity index (χ2v) is 7.96. The summed E-state index contributed by atoms with van der Waals surface area (Å²) in [7, 11) is 0. The summed E-state index contributed by atoms with van der Waals surface area (Å²) in [6.45, 7) is 0. The first-order valence-electron chi connectivity index (χ1n) is 9.56. The monoisotopic (exact) mass is 425 g/mol. The number of carbonyl (C=O) groups is 1. The van der Waals surface area contributed by atoms with Crippen LogP contribution in [0.5, 0.6) is 0 Å². The molecule has 5 rings (SSSR count). The summed E-state index contributed by atoms with van der Waals surface area (Å²) in [4.78, 5) is 19.0. The van der Waals surface area contributed by atoms with Crippen molar-refractivity contribution in [2.45, 2.75) is 12.6 Å². The molecule has 1 aliphatic heterocycles. The molecule has 150 valence electrons. The van der Waals surface area contributed by atoms with E-state index in [9.17, 15) is 4.79 Å². The normalized spacial score (nSPS) is 15.5. The average Bonchev–Trinajstić information content (AvgIpc) is 3.44. The van der Waals surface area contributed by atoms with Gasteiger partial charge in [-0.05, 0) is 17.7 Å². The summed E-state index contributed by atoms with van der Waals surface area (Å²) in [6.07, 6.45) is -0.626. The number of hydrogen-bond donors (Lipinski definition) is 1. The van der Waals surface area contributed by atoms with Crippen molar-refractivity contribution < 1.29 is 9.21 Å². The third kappa shape index (κ3) is 3.74. The summed E-state index contributed by atoms with van der Waals surface area (Å²) in [5, 5.41) is 20.0. The number of anilines is 1. The van der Waals surface area contributed by atoms with Crippen LogP contribution in [-0.4, -0.2) is 27.9 Å². The number of carbonyl (C=O) groups excluding carboxylic acids is 1. The highest BCUT2D eigenvalue weighted by Gasteiger charge is 2.27. The number of benzene rings is 2. The van der Waals surface area contributed by atoms with E-state index in [0.717, 1.165) is 22.4 Å². The van der Waals surface area contributed by atoms with Gasteiger partial charge in [-0.2, -0.15) is 5.26 Å². The summed E-state index contributed by atoms with van der Waals surface area (Å²) in [5.74, 6) is 0.187. The lowest BCUT2D eigenvalue weighted by molar-refractivity contribution is -0.119. The predicted octanol–water partition coefficient (Wildman–Crippen LogP) is 4.07. The van der Waals surface area contributed by atoms with Crippen LogP contribution in [-0.2, 0) is 11.2 Å². The van der Waals surface area contributed by atoms with E-state index in [4.69, 9.17) is 14.7 Å². The Morgan fingerprint density at radius 1 is 1.03 bits per heavy atom. The number of nitriles is 1. The molecule has 0 amide bonds. The van der Waals surface area contributed by atoms with Crippen LogP contribution in [0.1, 0.15) is 21.6 Å². The third-order valence-corrected chi connectivity index (χ3v) is 5.84. The topological polar surface area (TPSA) is 104 Å². The Morgan fingerprint density at radius 2 is 1.84 bits per heavy atom. The Bertz CT molecular complexity index is 1330. The standard InChI is InChI=1S/C23H15N5O2S/c24-13-16-10-11-19(31-16)22-27-28-23(30-22)26-21-18(29)12-15-8-4-5-9-17(15)20(25-21)14-6-2-1-3-7-14/h1-11,21H,12H2,(H,26,28)/t21-/m1/s1. The highest BCUT2D eigenvalue weighted by atomic mass is 32.1. The van der Waals surface area contributed by atoms with Gasteiger partial charge in [0.1, 0.15) is 10.9 Å². The highest BCUT2D eigenvalue weighted by Crippen LogP contribution is 2.28. The van der Waals surface area contributed by atoms with Gasteiger partial charge in [-0.25, -0.2) is 0 Å². The second kappa shape index (κ2) is 7.97. The van der Waals surface area contributed by atoms with Gasteiger partial charge in [-0.3, -0.25) is 9.79 Å². The molecule has 0 unspecified atom stereocenters. The van der Waals surface area contributed by atoms with Crippen molar-refractivity contribution in [1.82, 2.24) is 10.2 Å². The molecule has 3 heterocycles. The van der Waals surface area contributed by atoms with Crippen molar-refractivity contribution in [3.05, 3.63) is 88.3 Å². The summed E-state index contributed by atoms with van der Waals surface area (Å²) in [5.41, 5.74) is 3.51. The molecule has 0 saturated heterocycles. The number of aliphatic imine (C=N–C) groups is 1. The first-order chi connectivity index (χ1) is 15.2. The molecule has 0 bridgehead atoms. The third-order valence-electron chi connectivity index (χ3n) is 4.86. The van der Waals surface area contributed by atoms with E-state index in [1.807, 2.05) is 54.6 Å². The van der Waals surface area contributed by atoms with Gasteiger partial charge in [0.2, 0.25) is 0 Å². The quantitative estimate of drug-likeness (QED) is 0.528. The number of thiophene rings is 1. The molecular formula is C23H15N5O2S. The molecule has 0 radical (unpaired) electrons. The van der Waals surface area contributed by atoms with E-state index in [-0.39, 0.29) is 24.1 Å². The Balaban J connectivity index is 1.49. The molecule has 0 aliphatic carbocycles. The lowest BCUT2D eigenvalue weighted by Gasteiger charge is -2.11. The smallest absolute Gasteiger partial charge is 0.317 e. The molecule has 1 atom stereocenters. The van der Waals surface area contributed by atoms with Gasteiger partial charge in [0.15, 0.2) is 11.9 Å². The SMILES string of the molecule is N#Cc1ccc(-c2nnc(N[C@H]3N=C(c4ccccc4)c4ccccc4CC3=O)o2)s1. The number of Topliss-reactive ketones (excluding diaryl/α,β-unsaturated/α-hetero) is 1. The van der Waals surface area contributed by atoms with Crippen molar-refractivity contribution in [3.8, 4) is 16.8 Å². The van der Waals surface area contributed by atoms with E-state index in [1.165, 1.54) is 11.3 Å². The average molecular weight is 425 g/mol. The Morgan fingerprint density at radius 3 is 2.65 bits per heavy atom. The minimum Gasteiger partial charge on any atom is -0.402 e. The first kappa shape index (κ1) is 18.9. The molecule has 7 nitrogen and oxygen atoms in total. The van der Waals surface area contributed by atoms with Crippen molar-refractivity contribution in [2.24, 2.45) is 4.99 Å². The van der Waals surface area contributed by atoms with Crippen LogP contribution in [0.15, 0.2) is 76.1 Å². The minimum atomic E-state index is -0.867. The molecule has 1 N–H and O–H groups in total. The minimum absolute atomic E-state index is 0.0963. The fraction of sp³-hybridized carbons (Fsp3) is 0.0870. The molecule has 8 heteroatoms. The van der Waals surface area contributed by atoms with Crippen molar-refractivity contribution in [2.75, 3.05) is 5.32 Å². The molecule has 1 aliphatic rings. The Hall–Kier alpha value is -4.09. The number of aromatic nitrogens is 2. The molecule has 31 heavy (non-hydrogen) atoms. The van der Waals surface area contributed by atoms with Crippen molar-refractivity contribution in [1.29, 1.82) is 5.26 Å². The Labute approximate surface area is 181 Å². The van der Waals surface area contributed by atoms with E-state index >= 15 is 0 Å². The van der Waals surface area contributed by atoms with E-state index < -0.39 is 6.17 Å². The van der Waals surface area contributed by atoms with Gasteiger partial charge in [0.25, 0.3) is 5.89 Å². The first-order valence-corrected chi connectivity index (χ1v) is 10.4. The molecule has 2 aromatic carbocycles. The zero-order valence-corrected chi connectivity index (χ0v) is 17.0. The lowest BCUT2D eigenvalue weighted by Crippen LogP contribution is -2.29. The predicted molar refractivity (Wildman–Crippen MR) is 117 cm³/mol. The van der Waals surface area contributed by atoms with Gasteiger partial charge < -0.3 is 9.73 Å². The maximum atomic E-state index is 13.0. The van der Waals surface area contributed by atoms with Gasteiger partial charge in [-0.15, -0.1) is 16.4 Å². The van der Waals surface area contributed by atoms with Crippen LogP contribution in [0, 0.1) is 11.3 Å². The molecule has 2 aromatic heterocycles. The van der Waals surface area contributed by atoms with Crippen molar-refractivity contribution >= 4 is 28.8 Å².